The van der Waals surface area contributed by atoms with E-state index in [1.54, 1.807) is 24.6 Å². The van der Waals surface area contributed by atoms with E-state index in [2.05, 4.69) is 45.4 Å². The summed E-state index contributed by atoms with van der Waals surface area (Å²) in [7, 11) is 0. The molecule has 0 radical (unpaired) electrons. The van der Waals surface area contributed by atoms with Gasteiger partial charge in [0.1, 0.15) is 0 Å². The van der Waals surface area contributed by atoms with Crippen LogP contribution >= 0.6 is 0 Å². The topological polar surface area (TPSA) is 46.5 Å². The molecule has 0 amide bonds. The molecule has 3 saturated carbocycles. The number of hydrogen-bond acceptors (Lipinski definition) is 3. The van der Waals surface area contributed by atoms with Crippen LogP contribution in [0.15, 0.2) is 36.1 Å². The smallest absolute Gasteiger partial charge is 0.335 e. The van der Waals surface area contributed by atoms with Crippen LogP contribution in [0.2, 0.25) is 0 Å². The Bertz CT molecular complexity index is 853. The minimum absolute atomic E-state index is 0.0766. The standard InChI is InChI=1S/C27H46O.C8H12O2/c1-18(2)7-6-8-19(3)23-11-12-24-22-10-9-20-17-21(28)13-15-26(20,4)25(22)14-16-27(23,24)5;1-3-5-7-10-8(9)6-4-2/h9,18-19,21-25,28H,6-8,10-17H2,1-5H3;4-7H,3H2,1-2H3/b;6-4+,7-5?/t19?,21-,22-,23+,24-,25-,26-,27+;/m0./s1. The minimum Gasteiger partial charge on any atom is -0.432 e. The van der Waals surface area contributed by atoms with E-state index in [1.165, 1.54) is 70.1 Å². The number of allylic oxidation sites excluding steroid dienone is 3. The molecule has 0 aliphatic heterocycles. The molecule has 0 aromatic carbocycles. The highest BCUT2D eigenvalue weighted by atomic mass is 16.5. The van der Waals surface area contributed by atoms with Crippen LogP contribution in [-0.2, 0) is 9.53 Å². The number of carbonyl (C=O) groups is 1. The van der Waals surface area contributed by atoms with Crippen molar-refractivity contribution in [1.82, 2.24) is 0 Å². The van der Waals surface area contributed by atoms with Crippen LogP contribution in [0.3, 0.4) is 0 Å². The third kappa shape index (κ3) is 7.04. The molecule has 0 heterocycles. The molecule has 3 fully saturated rings. The predicted molar refractivity (Wildman–Crippen MR) is 159 cm³/mol. The lowest BCUT2D eigenvalue weighted by atomic mass is 9.47. The Labute approximate surface area is 234 Å². The largest absolute Gasteiger partial charge is 0.432 e. The van der Waals surface area contributed by atoms with Gasteiger partial charge in [0, 0.05) is 6.08 Å². The first kappa shape index (κ1) is 31.2. The summed E-state index contributed by atoms with van der Waals surface area (Å²) >= 11 is 0. The van der Waals surface area contributed by atoms with Crippen LogP contribution in [0.1, 0.15) is 126 Å². The SMILES string of the molecule is C/C=C/C(=O)OC=CCC.CC(C)CCCC(C)[C@H]1CC[C@H]2[C@@H]3CC=C4C[C@@H](O)CC[C@]4(C)[C@H]3CC[C@]12C. The molecule has 0 saturated heterocycles. The highest BCUT2D eigenvalue weighted by Crippen LogP contribution is 2.67. The number of rotatable bonds is 8. The Morgan fingerprint density at radius 3 is 2.55 bits per heavy atom. The molecule has 4 aliphatic rings. The summed E-state index contributed by atoms with van der Waals surface area (Å²) in [4.78, 5) is 10.6. The van der Waals surface area contributed by atoms with E-state index in [4.69, 9.17) is 0 Å². The quantitative estimate of drug-likeness (QED) is 0.148. The van der Waals surface area contributed by atoms with Gasteiger partial charge in [-0.3, -0.25) is 0 Å². The molecular formula is C35H58O3. The summed E-state index contributed by atoms with van der Waals surface area (Å²) in [6.45, 7) is 16.3. The van der Waals surface area contributed by atoms with Gasteiger partial charge in [0.05, 0.1) is 12.4 Å². The number of esters is 1. The van der Waals surface area contributed by atoms with Crippen molar-refractivity contribution in [3.05, 3.63) is 36.1 Å². The lowest BCUT2D eigenvalue weighted by Gasteiger charge is -2.58. The zero-order valence-corrected chi connectivity index (χ0v) is 25.7. The predicted octanol–water partition coefficient (Wildman–Crippen LogP) is 9.42. The monoisotopic (exact) mass is 526 g/mol. The van der Waals surface area contributed by atoms with Gasteiger partial charge in [-0.05, 0) is 117 Å². The van der Waals surface area contributed by atoms with Crippen LogP contribution in [0.5, 0.6) is 0 Å². The van der Waals surface area contributed by atoms with E-state index in [0.29, 0.717) is 10.8 Å². The molecule has 216 valence electrons. The fraction of sp³-hybridized carbons (Fsp3) is 0.800. The second-order valence-corrected chi connectivity index (χ2v) is 13.9. The Morgan fingerprint density at radius 1 is 1.11 bits per heavy atom. The molecule has 38 heavy (non-hydrogen) atoms. The van der Waals surface area contributed by atoms with Gasteiger partial charge in [0.25, 0.3) is 0 Å². The van der Waals surface area contributed by atoms with Gasteiger partial charge in [-0.2, -0.15) is 0 Å². The molecule has 0 aromatic heterocycles. The summed E-state index contributed by atoms with van der Waals surface area (Å²) in [5.74, 6) is 5.13. The van der Waals surface area contributed by atoms with Gasteiger partial charge in [-0.25, -0.2) is 4.79 Å². The normalized spacial score (nSPS) is 37.2. The van der Waals surface area contributed by atoms with Crippen molar-refractivity contribution < 1.29 is 14.6 Å². The van der Waals surface area contributed by atoms with Crippen LogP contribution in [0.4, 0.5) is 0 Å². The average Bonchev–Trinajstić information content (AvgIpc) is 3.22. The number of aliphatic hydroxyl groups excluding tert-OH is 1. The molecule has 1 unspecified atom stereocenters. The van der Waals surface area contributed by atoms with Crippen molar-refractivity contribution in [3.8, 4) is 0 Å². The molecule has 3 nitrogen and oxygen atoms in total. The maximum absolute atomic E-state index is 10.6. The first-order valence-corrected chi connectivity index (χ1v) is 15.9. The molecular weight excluding hydrogens is 468 g/mol. The minimum atomic E-state index is -0.327. The van der Waals surface area contributed by atoms with E-state index < -0.39 is 0 Å². The molecule has 1 N–H and O–H groups in total. The summed E-state index contributed by atoms with van der Waals surface area (Å²) in [5.41, 5.74) is 2.60. The second-order valence-electron chi connectivity index (χ2n) is 13.9. The Kier molecular flexibility index (Phi) is 11.3. The fourth-order valence-electron chi connectivity index (χ4n) is 9.05. The van der Waals surface area contributed by atoms with Crippen LogP contribution < -0.4 is 0 Å². The van der Waals surface area contributed by atoms with Gasteiger partial charge in [0.2, 0.25) is 0 Å². The number of hydrogen-bond donors (Lipinski definition) is 1. The third-order valence-corrected chi connectivity index (χ3v) is 11.1. The van der Waals surface area contributed by atoms with E-state index in [1.807, 2.05) is 6.92 Å². The second kappa shape index (κ2) is 13.8. The molecule has 8 atom stereocenters. The first-order chi connectivity index (χ1) is 18.1. The number of ether oxygens (including phenoxy) is 1. The lowest BCUT2D eigenvalue weighted by molar-refractivity contribution is -0.132. The van der Waals surface area contributed by atoms with Crippen LogP contribution in [0, 0.1) is 46.3 Å². The average molecular weight is 527 g/mol. The number of fused-ring (bicyclic) bond motifs is 5. The molecule has 3 heteroatoms. The summed E-state index contributed by atoms with van der Waals surface area (Å²) in [6.07, 6.45) is 24.2. The van der Waals surface area contributed by atoms with E-state index in [-0.39, 0.29) is 12.1 Å². The van der Waals surface area contributed by atoms with Crippen molar-refractivity contribution in [2.45, 2.75) is 132 Å². The highest BCUT2D eigenvalue weighted by molar-refractivity contribution is 5.82. The van der Waals surface area contributed by atoms with Crippen molar-refractivity contribution in [3.63, 3.8) is 0 Å². The lowest BCUT2D eigenvalue weighted by Crippen LogP contribution is -2.50. The van der Waals surface area contributed by atoms with Crippen molar-refractivity contribution in [2.75, 3.05) is 0 Å². The zero-order chi connectivity index (χ0) is 27.9. The van der Waals surface area contributed by atoms with Crippen molar-refractivity contribution in [2.24, 2.45) is 46.3 Å². The highest BCUT2D eigenvalue weighted by Gasteiger charge is 2.59. The van der Waals surface area contributed by atoms with Gasteiger partial charge in [-0.15, -0.1) is 0 Å². The number of aliphatic hydroxyl groups is 1. The fourth-order valence-corrected chi connectivity index (χ4v) is 9.05. The van der Waals surface area contributed by atoms with Crippen molar-refractivity contribution in [1.29, 1.82) is 0 Å². The van der Waals surface area contributed by atoms with Gasteiger partial charge >= 0.3 is 5.97 Å². The van der Waals surface area contributed by atoms with Gasteiger partial charge in [0.15, 0.2) is 0 Å². The maximum Gasteiger partial charge on any atom is 0.335 e. The summed E-state index contributed by atoms with van der Waals surface area (Å²) in [5, 5.41) is 10.2. The Morgan fingerprint density at radius 2 is 1.87 bits per heavy atom. The summed E-state index contributed by atoms with van der Waals surface area (Å²) < 4.78 is 4.62. The van der Waals surface area contributed by atoms with Crippen LogP contribution in [0.25, 0.3) is 0 Å². The van der Waals surface area contributed by atoms with Gasteiger partial charge in [-0.1, -0.05) is 78.5 Å². The molecule has 4 aliphatic carbocycles. The van der Waals surface area contributed by atoms with E-state index >= 15 is 0 Å². The molecule has 0 spiro atoms. The molecule has 0 bridgehead atoms. The maximum atomic E-state index is 10.6. The van der Waals surface area contributed by atoms with E-state index in [0.717, 1.165) is 54.8 Å². The van der Waals surface area contributed by atoms with Crippen LogP contribution in [-0.4, -0.2) is 17.2 Å². The number of carbonyl (C=O) groups excluding carboxylic acids is 1. The molecule has 0 aromatic rings. The van der Waals surface area contributed by atoms with Gasteiger partial charge < -0.3 is 9.84 Å². The van der Waals surface area contributed by atoms with E-state index in [9.17, 15) is 9.90 Å². The molecule has 4 rings (SSSR count). The van der Waals surface area contributed by atoms with Crippen molar-refractivity contribution >= 4 is 5.97 Å². The Balaban J connectivity index is 0.000000342. The Hall–Kier alpha value is -1.35. The zero-order valence-electron chi connectivity index (χ0n) is 25.7. The first-order valence-electron chi connectivity index (χ1n) is 15.9. The summed E-state index contributed by atoms with van der Waals surface area (Å²) in [6, 6.07) is 0. The third-order valence-electron chi connectivity index (χ3n) is 11.1.